The second kappa shape index (κ2) is 13.1. The van der Waals surface area contributed by atoms with E-state index >= 15 is 0 Å². The summed E-state index contributed by atoms with van der Waals surface area (Å²) in [5.74, 6) is 0. The molecule has 0 radical (unpaired) electrons. The van der Waals surface area contributed by atoms with Gasteiger partial charge in [0.1, 0.15) is 6.61 Å². The number of benzene rings is 2. The normalized spacial score (nSPS) is 16.2. The van der Waals surface area contributed by atoms with Crippen LogP contribution in [-0.2, 0) is 21.6 Å². The first kappa shape index (κ1) is 26.5. The lowest BCUT2D eigenvalue weighted by Gasteiger charge is -2.39. The molecule has 1 aliphatic heterocycles. The second-order valence-corrected chi connectivity index (χ2v) is 9.73. The highest BCUT2D eigenvalue weighted by Gasteiger charge is 2.31. The number of piperidine rings is 1. The molecule has 0 bridgehead atoms. The van der Waals surface area contributed by atoms with Gasteiger partial charge in [-0.25, -0.2) is 4.79 Å². The zero-order chi connectivity index (χ0) is 25.1. The average Bonchev–Trinajstić information content (AvgIpc) is 2.90. The van der Waals surface area contributed by atoms with Crippen LogP contribution in [-0.4, -0.2) is 61.1 Å². The van der Waals surface area contributed by atoms with Gasteiger partial charge in [0.15, 0.2) is 0 Å². The Balaban J connectivity index is 1.52. The first-order valence-electron chi connectivity index (χ1n) is 12.5. The monoisotopic (exact) mass is 477 g/mol. The third kappa shape index (κ3) is 7.69. The molecule has 1 N–H and O–H groups in total. The molecule has 0 aliphatic carbocycles. The molecule has 2 aromatic carbocycles. The van der Waals surface area contributed by atoms with Crippen molar-refractivity contribution in [3.63, 3.8) is 0 Å². The molecule has 0 aromatic heterocycles. The van der Waals surface area contributed by atoms with Crippen molar-refractivity contribution in [3.05, 3.63) is 83.9 Å². The fourth-order valence-corrected chi connectivity index (χ4v) is 4.73. The number of hydrogen-bond acceptors (Lipinski definition) is 4. The predicted octanol–water partition coefficient (Wildman–Crippen LogP) is 4.68. The Kier molecular flexibility index (Phi) is 9.91. The Hall–Kier alpha value is -3.12. The SMILES string of the molecule is C=CCN(C(=O)OCc1ccc(C)cc1)C1CCN(CCC(C)(CNC=O)c2ccccc2)CC1. The van der Waals surface area contributed by atoms with Crippen LogP contribution >= 0.6 is 0 Å². The molecule has 2 aromatic rings. The maximum atomic E-state index is 12.9. The van der Waals surface area contributed by atoms with Crippen molar-refractivity contribution in [1.29, 1.82) is 0 Å². The number of nitrogens with one attached hydrogen (secondary N) is 1. The molecule has 188 valence electrons. The number of likely N-dealkylation sites (tertiary alicyclic amines) is 1. The van der Waals surface area contributed by atoms with Crippen molar-refractivity contribution in [3.8, 4) is 0 Å². The van der Waals surface area contributed by atoms with Crippen molar-refractivity contribution in [2.75, 3.05) is 32.7 Å². The third-order valence-corrected chi connectivity index (χ3v) is 7.07. The molecule has 1 saturated heterocycles. The minimum Gasteiger partial charge on any atom is -0.445 e. The smallest absolute Gasteiger partial charge is 0.410 e. The van der Waals surface area contributed by atoms with E-state index in [2.05, 4.69) is 35.9 Å². The fourth-order valence-electron chi connectivity index (χ4n) is 4.73. The number of rotatable bonds is 12. The van der Waals surface area contributed by atoms with E-state index in [4.69, 9.17) is 4.74 Å². The molecule has 2 amide bonds. The number of nitrogens with zero attached hydrogens (tertiary/aromatic N) is 2. The molecule has 6 nitrogen and oxygen atoms in total. The Bertz CT molecular complexity index is 939. The predicted molar refractivity (Wildman–Crippen MR) is 140 cm³/mol. The molecule has 6 heteroatoms. The van der Waals surface area contributed by atoms with Crippen LogP contribution in [0, 0.1) is 6.92 Å². The van der Waals surface area contributed by atoms with Gasteiger partial charge in [0.2, 0.25) is 6.41 Å². The van der Waals surface area contributed by atoms with E-state index in [9.17, 15) is 9.59 Å². The molecule has 3 rings (SSSR count). The summed E-state index contributed by atoms with van der Waals surface area (Å²) in [6, 6.07) is 18.6. The molecule has 35 heavy (non-hydrogen) atoms. The van der Waals surface area contributed by atoms with Gasteiger partial charge in [-0.15, -0.1) is 6.58 Å². The lowest BCUT2D eigenvalue weighted by molar-refractivity contribution is -0.109. The summed E-state index contributed by atoms with van der Waals surface area (Å²) < 4.78 is 5.63. The lowest BCUT2D eigenvalue weighted by atomic mass is 9.79. The summed E-state index contributed by atoms with van der Waals surface area (Å²) in [5.41, 5.74) is 3.28. The first-order chi connectivity index (χ1) is 16.9. The summed E-state index contributed by atoms with van der Waals surface area (Å²) in [6.45, 7) is 12.3. The largest absolute Gasteiger partial charge is 0.445 e. The standard InChI is InChI=1S/C29H39N3O3/c1-4-17-32(28(34)35-21-25-12-10-24(2)11-13-25)27-14-18-31(19-15-27)20-16-29(3,22-30-23-33)26-8-6-5-7-9-26/h4-13,23,27H,1,14-22H2,2-3H3,(H,30,33). The van der Waals surface area contributed by atoms with E-state index in [0.29, 0.717) is 13.1 Å². The molecule has 0 spiro atoms. The van der Waals surface area contributed by atoms with Crippen LogP contribution in [0.5, 0.6) is 0 Å². The fraction of sp³-hybridized carbons (Fsp3) is 0.448. The minimum absolute atomic E-state index is 0.131. The Morgan fingerprint density at radius 3 is 2.49 bits per heavy atom. The van der Waals surface area contributed by atoms with Gasteiger partial charge in [0.05, 0.1) is 0 Å². The highest BCUT2D eigenvalue weighted by Crippen LogP contribution is 2.28. The number of hydrogen-bond donors (Lipinski definition) is 1. The lowest BCUT2D eigenvalue weighted by Crippen LogP contribution is -2.48. The summed E-state index contributed by atoms with van der Waals surface area (Å²) in [6.07, 6.45) is 5.02. The molecule has 0 saturated carbocycles. The van der Waals surface area contributed by atoms with Crippen molar-refractivity contribution in [1.82, 2.24) is 15.1 Å². The van der Waals surface area contributed by atoms with Crippen molar-refractivity contribution in [2.45, 2.75) is 51.2 Å². The van der Waals surface area contributed by atoms with E-state index < -0.39 is 0 Å². The molecular formula is C29H39N3O3. The Labute approximate surface area is 210 Å². The minimum atomic E-state index is -0.277. The number of amides is 2. The summed E-state index contributed by atoms with van der Waals surface area (Å²) in [4.78, 5) is 28.1. The highest BCUT2D eigenvalue weighted by atomic mass is 16.6. The van der Waals surface area contributed by atoms with Gasteiger partial charge in [0.25, 0.3) is 0 Å². The first-order valence-corrected chi connectivity index (χ1v) is 12.5. The van der Waals surface area contributed by atoms with Crippen molar-refractivity contribution >= 4 is 12.5 Å². The molecule has 1 aliphatic rings. The Morgan fingerprint density at radius 2 is 1.86 bits per heavy atom. The van der Waals surface area contributed by atoms with Crippen LogP contribution in [0.3, 0.4) is 0 Å². The zero-order valence-electron chi connectivity index (χ0n) is 21.1. The number of ether oxygens (including phenoxy) is 1. The van der Waals surface area contributed by atoms with Gasteiger partial charge < -0.3 is 19.9 Å². The van der Waals surface area contributed by atoms with Gasteiger partial charge in [-0.3, -0.25) is 4.79 Å². The van der Waals surface area contributed by atoms with Crippen molar-refractivity contribution < 1.29 is 14.3 Å². The average molecular weight is 478 g/mol. The highest BCUT2D eigenvalue weighted by molar-refractivity contribution is 5.68. The third-order valence-electron chi connectivity index (χ3n) is 7.07. The van der Waals surface area contributed by atoms with Crippen LogP contribution in [0.4, 0.5) is 4.79 Å². The number of aryl methyl sites for hydroxylation is 1. The maximum absolute atomic E-state index is 12.9. The van der Waals surface area contributed by atoms with Gasteiger partial charge in [0, 0.05) is 37.6 Å². The summed E-state index contributed by atoms with van der Waals surface area (Å²) in [5, 5.41) is 2.88. The van der Waals surface area contributed by atoms with Crippen LogP contribution in [0.2, 0.25) is 0 Å². The van der Waals surface area contributed by atoms with E-state index in [0.717, 1.165) is 50.9 Å². The van der Waals surface area contributed by atoms with Crippen molar-refractivity contribution in [2.24, 2.45) is 0 Å². The zero-order valence-corrected chi connectivity index (χ0v) is 21.1. The van der Waals surface area contributed by atoms with Gasteiger partial charge in [-0.1, -0.05) is 73.2 Å². The number of carbonyl (C=O) groups excluding carboxylic acids is 2. The van der Waals surface area contributed by atoms with Crippen LogP contribution < -0.4 is 5.32 Å². The quantitative estimate of drug-likeness (QED) is 0.356. The molecule has 1 heterocycles. The van der Waals surface area contributed by atoms with Crippen LogP contribution in [0.1, 0.15) is 42.9 Å². The summed E-state index contributed by atoms with van der Waals surface area (Å²) in [7, 11) is 0. The Morgan fingerprint density at radius 1 is 1.17 bits per heavy atom. The number of carbonyl (C=O) groups is 2. The van der Waals surface area contributed by atoms with E-state index in [1.807, 2.05) is 54.3 Å². The maximum Gasteiger partial charge on any atom is 0.410 e. The van der Waals surface area contributed by atoms with Gasteiger partial charge in [-0.2, -0.15) is 0 Å². The molecule has 1 atom stereocenters. The van der Waals surface area contributed by atoms with E-state index in [1.54, 1.807) is 6.08 Å². The van der Waals surface area contributed by atoms with Gasteiger partial charge in [-0.05, 0) is 43.9 Å². The summed E-state index contributed by atoms with van der Waals surface area (Å²) >= 11 is 0. The second-order valence-electron chi connectivity index (χ2n) is 9.73. The van der Waals surface area contributed by atoms with E-state index in [-0.39, 0.29) is 24.2 Å². The van der Waals surface area contributed by atoms with Crippen LogP contribution in [0.25, 0.3) is 0 Å². The molecular weight excluding hydrogens is 438 g/mol. The van der Waals surface area contributed by atoms with Gasteiger partial charge >= 0.3 is 6.09 Å². The molecule has 1 unspecified atom stereocenters. The molecule has 1 fully saturated rings. The topological polar surface area (TPSA) is 61.9 Å². The van der Waals surface area contributed by atoms with Crippen LogP contribution in [0.15, 0.2) is 67.3 Å². The van der Waals surface area contributed by atoms with E-state index in [1.165, 1.54) is 11.1 Å².